The van der Waals surface area contributed by atoms with Crippen molar-refractivity contribution in [3.63, 3.8) is 0 Å². The maximum atomic E-state index is 13.1. The molecule has 0 spiro atoms. The van der Waals surface area contributed by atoms with Crippen molar-refractivity contribution in [1.29, 1.82) is 0 Å². The third-order valence-electron chi connectivity index (χ3n) is 2.26. The molecule has 1 aromatic rings. The monoisotopic (exact) mass is 269 g/mol. The molecule has 0 saturated carbocycles. The minimum absolute atomic E-state index is 0.792. The number of hydrogen-bond acceptors (Lipinski definition) is 2. The summed E-state index contributed by atoms with van der Waals surface area (Å²) in [6, 6.07) is -1.19. The SMILES string of the molecule is C[C@@H](NCc1c(F)c(F)c(F)c(F)c1F)C(=O)O. The number of nitrogens with one attached hydrogen (secondary N) is 1. The summed E-state index contributed by atoms with van der Waals surface area (Å²) in [4.78, 5) is 10.4. The van der Waals surface area contributed by atoms with Crippen LogP contribution in [0.3, 0.4) is 0 Å². The summed E-state index contributed by atoms with van der Waals surface area (Å²) in [6.45, 7) is 0.369. The Balaban J connectivity index is 3.07. The van der Waals surface area contributed by atoms with Crippen molar-refractivity contribution in [2.24, 2.45) is 0 Å². The van der Waals surface area contributed by atoms with Crippen molar-refractivity contribution < 1.29 is 31.9 Å². The summed E-state index contributed by atoms with van der Waals surface area (Å²) >= 11 is 0. The summed E-state index contributed by atoms with van der Waals surface area (Å²) < 4.78 is 64.5. The zero-order valence-electron chi connectivity index (χ0n) is 9.03. The number of benzene rings is 1. The predicted octanol–water partition coefficient (Wildman–Crippen LogP) is 1.94. The first kappa shape index (κ1) is 14.4. The van der Waals surface area contributed by atoms with Crippen LogP contribution in [0.1, 0.15) is 12.5 Å². The Bertz CT molecular complexity index is 463. The molecule has 1 aromatic carbocycles. The average Bonchev–Trinajstić information content (AvgIpc) is 2.33. The average molecular weight is 269 g/mol. The van der Waals surface area contributed by atoms with Crippen LogP contribution in [-0.2, 0) is 11.3 Å². The van der Waals surface area contributed by atoms with E-state index in [2.05, 4.69) is 5.32 Å². The van der Waals surface area contributed by atoms with Gasteiger partial charge in [0.1, 0.15) is 6.04 Å². The molecule has 100 valence electrons. The predicted molar refractivity (Wildman–Crippen MR) is 50.2 cm³/mol. The van der Waals surface area contributed by atoms with E-state index in [1.165, 1.54) is 0 Å². The summed E-state index contributed by atoms with van der Waals surface area (Å²) in [5.74, 6) is -11.6. The Morgan fingerprint density at radius 1 is 1.06 bits per heavy atom. The Hall–Kier alpha value is -1.70. The number of hydrogen-bond donors (Lipinski definition) is 2. The number of rotatable bonds is 4. The van der Waals surface area contributed by atoms with Crippen LogP contribution in [0.15, 0.2) is 0 Å². The van der Waals surface area contributed by atoms with Crippen molar-refractivity contribution in [2.45, 2.75) is 19.5 Å². The fraction of sp³-hybridized carbons (Fsp3) is 0.300. The zero-order chi connectivity index (χ0) is 14.0. The molecule has 0 saturated heterocycles. The fourth-order valence-corrected chi connectivity index (χ4v) is 1.15. The largest absolute Gasteiger partial charge is 0.480 e. The molecule has 0 amide bonds. The van der Waals surface area contributed by atoms with Gasteiger partial charge in [-0.3, -0.25) is 4.79 Å². The maximum absolute atomic E-state index is 13.1. The highest BCUT2D eigenvalue weighted by molar-refractivity contribution is 5.72. The van der Waals surface area contributed by atoms with E-state index in [9.17, 15) is 26.7 Å². The normalized spacial score (nSPS) is 12.6. The van der Waals surface area contributed by atoms with Crippen LogP contribution in [0.2, 0.25) is 0 Å². The molecule has 0 aromatic heterocycles. The molecule has 0 bridgehead atoms. The minimum Gasteiger partial charge on any atom is -0.480 e. The van der Waals surface area contributed by atoms with E-state index in [1.54, 1.807) is 0 Å². The number of halogens is 5. The van der Waals surface area contributed by atoms with Gasteiger partial charge in [0.05, 0.1) is 0 Å². The van der Waals surface area contributed by atoms with Crippen molar-refractivity contribution in [2.75, 3.05) is 0 Å². The van der Waals surface area contributed by atoms with Crippen LogP contribution in [0.5, 0.6) is 0 Å². The fourth-order valence-electron chi connectivity index (χ4n) is 1.15. The molecular weight excluding hydrogens is 261 g/mol. The van der Waals surface area contributed by atoms with Gasteiger partial charge in [0.2, 0.25) is 5.82 Å². The summed E-state index contributed by atoms with van der Waals surface area (Å²) in [7, 11) is 0. The van der Waals surface area contributed by atoms with Crippen molar-refractivity contribution in [3.8, 4) is 0 Å². The lowest BCUT2D eigenvalue weighted by Crippen LogP contribution is -2.34. The molecule has 1 atom stereocenters. The lowest BCUT2D eigenvalue weighted by molar-refractivity contribution is -0.139. The molecule has 2 N–H and O–H groups in total. The summed E-state index contributed by atoms with van der Waals surface area (Å²) in [5.41, 5.74) is -1.10. The lowest BCUT2D eigenvalue weighted by atomic mass is 10.1. The second-order valence-electron chi connectivity index (χ2n) is 3.49. The molecule has 0 fully saturated rings. The molecule has 0 radical (unpaired) electrons. The van der Waals surface area contributed by atoms with Gasteiger partial charge in [0.25, 0.3) is 0 Å². The van der Waals surface area contributed by atoms with E-state index in [0.29, 0.717) is 0 Å². The van der Waals surface area contributed by atoms with Gasteiger partial charge in [-0.25, -0.2) is 22.0 Å². The van der Waals surface area contributed by atoms with Crippen LogP contribution >= 0.6 is 0 Å². The van der Waals surface area contributed by atoms with Crippen LogP contribution in [0, 0.1) is 29.1 Å². The second-order valence-corrected chi connectivity index (χ2v) is 3.49. The van der Waals surface area contributed by atoms with E-state index < -0.39 is 53.2 Å². The molecule has 0 aliphatic heterocycles. The first-order valence-electron chi connectivity index (χ1n) is 4.73. The number of carboxylic acids is 1. The molecule has 8 heteroatoms. The van der Waals surface area contributed by atoms with E-state index >= 15 is 0 Å². The Kier molecular flexibility index (Phi) is 4.23. The van der Waals surface area contributed by atoms with Gasteiger partial charge in [-0.15, -0.1) is 0 Å². The van der Waals surface area contributed by atoms with E-state index in [0.717, 1.165) is 6.92 Å². The number of aliphatic carboxylic acids is 1. The summed E-state index contributed by atoms with van der Waals surface area (Å²) in [5, 5.41) is 10.6. The van der Waals surface area contributed by atoms with E-state index in [4.69, 9.17) is 5.11 Å². The van der Waals surface area contributed by atoms with Gasteiger partial charge in [-0.2, -0.15) is 0 Å². The van der Waals surface area contributed by atoms with E-state index in [1.807, 2.05) is 0 Å². The molecule has 0 heterocycles. The standard InChI is InChI=1S/C10H8F5NO2/c1-3(10(17)18)16-2-4-5(11)7(13)9(15)8(14)6(4)12/h3,16H,2H2,1H3,(H,17,18)/t3-/m1/s1. The molecule has 3 nitrogen and oxygen atoms in total. The van der Waals surface area contributed by atoms with Crippen molar-refractivity contribution in [1.82, 2.24) is 5.32 Å². The highest BCUT2D eigenvalue weighted by Gasteiger charge is 2.25. The van der Waals surface area contributed by atoms with Crippen molar-refractivity contribution >= 4 is 5.97 Å². The maximum Gasteiger partial charge on any atom is 0.320 e. The Labute approximate surface area is 98.2 Å². The van der Waals surface area contributed by atoms with Gasteiger partial charge in [-0.05, 0) is 6.92 Å². The second kappa shape index (κ2) is 5.30. The first-order valence-corrected chi connectivity index (χ1v) is 4.73. The molecular formula is C10H8F5NO2. The summed E-state index contributed by atoms with van der Waals surface area (Å²) in [6.07, 6.45) is 0. The van der Waals surface area contributed by atoms with Gasteiger partial charge in [-0.1, -0.05) is 0 Å². The van der Waals surface area contributed by atoms with Crippen LogP contribution in [0.4, 0.5) is 22.0 Å². The highest BCUT2D eigenvalue weighted by Crippen LogP contribution is 2.22. The quantitative estimate of drug-likeness (QED) is 0.499. The Morgan fingerprint density at radius 3 is 1.83 bits per heavy atom. The van der Waals surface area contributed by atoms with Gasteiger partial charge < -0.3 is 10.4 Å². The van der Waals surface area contributed by atoms with E-state index in [-0.39, 0.29) is 0 Å². The third kappa shape index (κ3) is 2.58. The minimum atomic E-state index is -2.25. The van der Waals surface area contributed by atoms with Gasteiger partial charge in [0.15, 0.2) is 23.3 Å². The van der Waals surface area contributed by atoms with Crippen molar-refractivity contribution in [3.05, 3.63) is 34.6 Å². The Morgan fingerprint density at radius 2 is 1.44 bits per heavy atom. The van der Waals surface area contributed by atoms with Crippen LogP contribution in [0.25, 0.3) is 0 Å². The smallest absolute Gasteiger partial charge is 0.320 e. The molecule has 0 aliphatic rings. The number of carboxylic acid groups (broad SMARTS) is 1. The lowest BCUT2D eigenvalue weighted by Gasteiger charge is -2.11. The first-order chi connectivity index (χ1) is 8.27. The molecule has 18 heavy (non-hydrogen) atoms. The molecule has 1 rings (SSSR count). The van der Waals surface area contributed by atoms with Gasteiger partial charge in [0, 0.05) is 12.1 Å². The van der Waals surface area contributed by atoms with Crippen LogP contribution in [-0.4, -0.2) is 17.1 Å². The third-order valence-corrected chi connectivity index (χ3v) is 2.26. The zero-order valence-corrected chi connectivity index (χ0v) is 9.03. The molecule has 0 aliphatic carbocycles. The molecule has 0 unspecified atom stereocenters. The highest BCUT2D eigenvalue weighted by atomic mass is 19.2. The topological polar surface area (TPSA) is 49.3 Å². The van der Waals surface area contributed by atoms with Gasteiger partial charge >= 0.3 is 5.97 Å². The van der Waals surface area contributed by atoms with Crippen LogP contribution < -0.4 is 5.32 Å². The number of carbonyl (C=O) groups is 1.